The van der Waals surface area contributed by atoms with Crippen LogP contribution in [-0.4, -0.2) is 40.7 Å². The molecule has 158 valence electrons. The molecule has 0 unspecified atom stereocenters. The van der Waals surface area contributed by atoms with Crippen LogP contribution in [0.3, 0.4) is 0 Å². The van der Waals surface area contributed by atoms with Crippen molar-refractivity contribution in [3.63, 3.8) is 0 Å². The second kappa shape index (κ2) is 7.27. The average Bonchev–Trinajstić information content (AvgIpc) is 3.38. The van der Waals surface area contributed by atoms with Crippen LogP contribution in [0.4, 0.5) is 0 Å². The molecular weight excluding hydrogens is 456 g/mol. The van der Waals surface area contributed by atoms with Gasteiger partial charge in [-0.25, -0.2) is 0 Å². The van der Waals surface area contributed by atoms with E-state index in [0.717, 1.165) is 27.6 Å². The molecule has 30 heavy (non-hydrogen) atoms. The lowest BCUT2D eigenvalue weighted by atomic mass is 9.67. The predicted octanol–water partition coefficient (Wildman–Crippen LogP) is 3.68. The Kier molecular flexibility index (Phi) is 4.69. The molecule has 8 heteroatoms. The number of halogens is 1. The van der Waals surface area contributed by atoms with Gasteiger partial charge in [0.2, 0.25) is 12.5 Å². The first-order valence-corrected chi connectivity index (χ1v) is 10.4. The topological polar surface area (TPSA) is 72.5 Å². The summed E-state index contributed by atoms with van der Waals surface area (Å²) < 4.78 is 34.2. The van der Waals surface area contributed by atoms with Gasteiger partial charge in [-0.1, -0.05) is 0 Å². The van der Waals surface area contributed by atoms with Gasteiger partial charge in [-0.2, -0.15) is 0 Å². The summed E-state index contributed by atoms with van der Waals surface area (Å²) in [4.78, 5) is 12.8. The lowest BCUT2D eigenvalue weighted by Crippen LogP contribution is -2.31. The van der Waals surface area contributed by atoms with E-state index in [1.807, 2.05) is 18.2 Å². The van der Waals surface area contributed by atoms with Gasteiger partial charge in [-0.15, -0.1) is 0 Å². The molecule has 2 heterocycles. The third kappa shape index (κ3) is 2.73. The minimum Gasteiger partial charge on any atom is -0.493 e. The van der Waals surface area contributed by atoms with Crippen LogP contribution in [0, 0.1) is 11.8 Å². The molecule has 2 aromatic rings. The Morgan fingerprint density at radius 3 is 2.40 bits per heavy atom. The van der Waals surface area contributed by atoms with Crippen molar-refractivity contribution >= 4 is 21.9 Å². The van der Waals surface area contributed by atoms with E-state index < -0.39 is 0 Å². The third-order valence-corrected chi connectivity index (χ3v) is 7.01. The van der Waals surface area contributed by atoms with Crippen LogP contribution in [-0.2, 0) is 16.0 Å². The largest absolute Gasteiger partial charge is 0.493 e. The second-order valence-electron chi connectivity index (χ2n) is 7.55. The number of benzene rings is 2. The van der Waals surface area contributed by atoms with E-state index in [9.17, 15) is 4.79 Å². The van der Waals surface area contributed by atoms with E-state index in [4.69, 9.17) is 28.4 Å². The summed E-state index contributed by atoms with van der Waals surface area (Å²) in [7, 11) is 4.73. The van der Waals surface area contributed by atoms with Crippen LogP contribution < -0.4 is 23.7 Å². The number of cyclic esters (lactones) is 1. The summed E-state index contributed by atoms with van der Waals surface area (Å²) in [6.07, 6.45) is 0.726. The number of ether oxygens (including phenoxy) is 6. The molecule has 0 N–H and O–H groups in total. The summed E-state index contributed by atoms with van der Waals surface area (Å²) in [5, 5.41) is 0. The van der Waals surface area contributed by atoms with E-state index >= 15 is 0 Å². The molecule has 0 bridgehead atoms. The van der Waals surface area contributed by atoms with Crippen molar-refractivity contribution in [1.82, 2.24) is 0 Å². The Balaban J connectivity index is 1.75. The molecule has 0 saturated carbocycles. The van der Waals surface area contributed by atoms with Crippen LogP contribution in [0.25, 0.3) is 0 Å². The highest BCUT2D eigenvalue weighted by Crippen LogP contribution is 2.55. The quantitative estimate of drug-likeness (QED) is 0.623. The van der Waals surface area contributed by atoms with Gasteiger partial charge in [-0.05, 0) is 57.2 Å². The first-order chi connectivity index (χ1) is 14.6. The Morgan fingerprint density at radius 2 is 1.73 bits per heavy atom. The maximum atomic E-state index is 12.8. The molecule has 0 amide bonds. The maximum absolute atomic E-state index is 12.8. The number of hydrogen-bond acceptors (Lipinski definition) is 7. The summed E-state index contributed by atoms with van der Waals surface area (Å²) in [6.45, 7) is 0.589. The normalized spacial score (nSPS) is 23.5. The number of hydrogen-bond donors (Lipinski definition) is 0. The highest BCUT2D eigenvalue weighted by molar-refractivity contribution is 9.10. The van der Waals surface area contributed by atoms with Gasteiger partial charge in [0.05, 0.1) is 38.3 Å². The summed E-state index contributed by atoms with van der Waals surface area (Å²) in [5.74, 6) is 2.33. The first-order valence-electron chi connectivity index (χ1n) is 9.64. The number of esters is 1. The van der Waals surface area contributed by atoms with Crippen molar-refractivity contribution in [2.75, 3.05) is 34.7 Å². The van der Waals surface area contributed by atoms with Gasteiger partial charge < -0.3 is 28.4 Å². The molecule has 2 aromatic carbocycles. The lowest BCUT2D eigenvalue weighted by Gasteiger charge is -2.34. The Bertz CT molecular complexity index is 1010. The van der Waals surface area contributed by atoms with Gasteiger partial charge >= 0.3 is 5.97 Å². The first kappa shape index (κ1) is 19.4. The number of methoxy groups -OCH3 is 3. The zero-order valence-corrected chi connectivity index (χ0v) is 18.4. The van der Waals surface area contributed by atoms with E-state index in [-0.39, 0.29) is 30.5 Å². The fraction of sp³-hybridized carbons (Fsp3) is 0.409. The Morgan fingerprint density at radius 1 is 1.00 bits per heavy atom. The predicted molar refractivity (Wildman–Crippen MR) is 110 cm³/mol. The van der Waals surface area contributed by atoms with Gasteiger partial charge in [0.15, 0.2) is 23.0 Å². The summed E-state index contributed by atoms with van der Waals surface area (Å²) >= 11 is 3.71. The van der Waals surface area contributed by atoms with Crippen molar-refractivity contribution in [2.24, 2.45) is 11.8 Å². The van der Waals surface area contributed by atoms with Crippen LogP contribution in [0.1, 0.15) is 22.6 Å². The number of rotatable bonds is 4. The molecular formula is C22H21BrO7. The van der Waals surface area contributed by atoms with Crippen molar-refractivity contribution in [2.45, 2.75) is 12.3 Å². The minimum absolute atomic E-state index is 0.0748. The summed E-state index contributed by atoms with van der Waals surface area (Å²) in [6, 6.07) is 5.79. The highest BCUT2D eigenvalue weighted by atomic mass is 79.9. The SMILES string of the molecule is COc1cc([C@@H]2c3cc4c(c(Br)c3C[C@H]3COC(=O)[C@@H]32)OCO4)cc(OC)c1OC. The molecule has 3 aliphatic rings. The van der Waals surface area contributed by atoms with Gasteiger partial charge in [-0.3, -0.25) is 4.79 Å². The van der Waals surface area contributed by atoms with Crippen LogP contribution in [0.2, 0.25) is 0 Å². The van der Waals surface area contributed by atoms with E-state index in [0.29, 0.717) is 35.4 Å². The van der Waals surface area contributed by atoms with Gasteiger partial charge in [0.25, 0.3) is 0 Å². The van der Waals surface area contributed by atoms with Gasteiger partial charge in [0, 0.05) is 11.8 Å². The van der Waals surface area contributed by atoms with Crippen molar-refractivity contribution < 1.29 is 33.2 Å². The lowest BCUT2D eigenvalue weighted by molar-refractivity contribution is -0.141. The van der Waals surface area contributed by atoms with Crippen LogP contribution >= 0.6 is 15.9 Å². The average molecular weight is 477 g/mol. The minimum atomic E-state index is -0.299. The highest BCUT2D eigenvalue weighted by Gasteiger charge is 2.49. The third-order valence-electron chi connectivity index (χ3n) is 6.17. The molecule has 7 nitrogen and oxygen atoms in total. The second-order valence-corrected chi connectivity index (χ2v) is 8.34. The molecule has 0 aromatic heterocycles. The number of carbonyl (C=O) groups is 1. The molecule has 2 aliphatic heterocycles. The van der Waals surface area contributed by atoms with E-state index in [2.05, 4.69) is 15.9 Å². The van der Waals surface area contributed by atoms with Crippen LogP contribution in [0.5, 0.6) is 28.7 Å². The standard InChI is InChI=1S/C22H21BrO7/c1-25-14-5-10(6-15(26-2)20(14)27-3)17-12-7-16-21(30-9-29-16)19(23)13(12)4-11-8-28-22(24)18(11)17/h5-7,11,17-18H,4,8-9H2,1-3H3/t11-,17+,18-/m0/s1. The molecule has 5 rings (SSSR count). The number of fused-ring (bicyclic) bond motifs is 3. The summed E-state index contributed by atoms with van der Waals surface area (Å²) in [5.41, 5.74) is 3.02. The fourth-order valence-electron chi connectivity index (χ4n) is 4.84. The van der Waals surface area contributed by atoms with Gasteiger partial charge in [0.1, 0.15) is 0 Å². The molecule has 1 fully saturated rings. The van der Waals surface area contributed by atoms with Crippen molar-refractivity contribution in [3.8, 4) is 28.7 Å². The molecule has 0 spiro atoms. The molecule has 1 saturated heterocycles. The molecule has 1 aliphatic carbocycles. The monoisotopic (exact) mass is 476 g/mol. The van der Waals surface area contributed by atoms with Crippen molar-refractivity contribution in [1.29, 1.82) is 0 Å². The molecule has 0 radical (unpaired) electrons. The zero-order chi connectivity index (χ0) is 21.0. The smallest absolute Gasteiger partial charge is 0.310 e. The van der Waals surface area contributed by atoms with E-state index in [1.165, 1.54) is 0 Å². The Hall–Kier alpha value is -2.61. The van der Waals surface area contributed by atoms with E-state index in [1.54, 1.807) is 21.3 Å². The maximum Gasteiger partial charge on any atom is 0.310 e. The Labute approximate surface area is 182 Å². The zero-order valence-electron chi connectivity index (χ0n) is 16.8. The van der Waals surface area contributed by atoms with Crippen LogP contribution in [0.15, 0.2) is 22.7 Å². The number of carbonyl (C=O) groups excluding carboxylic acids is 1. The molecule has 3 atom stereocenters. The fourth-order valence-corrected chi connectivity index (χ4v) is 5.54. The van der Waals surface area contributed by atoms with Crippen molar-refractivity contribution in [3.05, 3.63) is 39.4 Å².